The summed E-state index contributed by atoms with van der Waals surface area (Å²) in [6, 6.07) is 9.88. The average molecular weight is 372 g/mol. The Morgan fingerprint density at radius 3 is 2.63 bits per heavy atom. The maximum absolute atomic E-state index is 12.9. The van der Waals surface area contributed by atoms with E-state index in [1.54, 1.807) is 6.08 Å². The Kier molecular flexibility index (Phi) is 9.09. The fraction of sp³-hybridized carbons (Fsp3) is 0.565. The number of piperidine rings is 1. The number of rotatable bonds is 9. The fourth-order valence-corrected chi connectivity index (χ4v) is 3.65. The van der Waals surface area contributed by atoms with Gasteiger partial charge < -0.3 is 4.74 Å². The molecule has 1 fully saturated rings. The number of nitrogens with zero attached hydrogens (tertiary/aromatic N) is 1. The minimum atomic E-state index is -0.271. The number of carbonyl (C=O) groups is 2. The van der Waals surface area contributed by atoms with E-state index in [1.807, 2.05) is 41.3 Å². The Morgan fingerprint density at radius 2 is 1.93 bits per heavy atom. The van der Waals surface area contributed by atoms with Gasteiger partial charge in [0.05, 0.1) is 6.04 Å². The third-order valence-corrected chi connectivity index (χ3v) is 5.11. The molecule has 1 saturated heterocycles. The average Bonchev–Trinajstić information content (AvgIpc) is 2.70. The molecule has 27 heavy (non-hydrogen) atoms. The van der Waals surface area contributed by atoms with Crippen LogP contribution in [-0.4, -0.2) is 28.9 Å². The van der Waals surface area contributed by atoms with Gasteiger partial charge in [0.15, 0.2) is 5.78 Å². The molecule has 2 atom stereocenters. The molecule has 0 radical (unpaired) electrons. The van der Waals surface area contributed by atoms with Crippen molar-refractivity contribution in [1.82, 2.24) is 4.90 Å². The second kappa shape index (κ2) is 11.6. The van der Waals surface area contributed by atoms with Crippen LogP contribution in [0.25, 0.3) is 0 Å². The molecule has 1 heterocycles. The molecular formula is C23H33NO3. The van der Waals surface area contributed by atoms with E-state index in [0.29, 0.717) is 6.42 Å². The summed E-state index contributed by atoms with van der Waals surface area (Å²) >= 11 is 0. The van der Waals surface area contributed by atoms with Crippen molar-refractivity contribution < 1.29 is 14.3 Å². The van der Waals surface area contributed by atoms with Crippen LogP contribution in [0, 0.1) is 0 Å². The Morgan fingerprint density at radius 1 is 1.15 bits per heavy atom. The molecule has 4 heteroatoms. The van der Waals surface area contributed by atoms with Crippen molar-refractivity contribution in [3.05, 3.63) is 48.0 Å². The van der Waals surface area contributed by atoms with Gasteiger partial charge in [0.2, 0.25) is 0 Å². The highest BCUT2D eigenvalue weighted by atomic mass is 16.6. The molecular weight excluding hydrogens is 338 g/mol. The topological polar surface area (TPSA) is 46.6 Å². The lowest BCUT2D eigenvalue weighted by molar-refractivity contribution is -0.114. The first-order chi connectivity index (χ1) is 13.2. The number of amides is 1. The van der Waals surface area contributed by atoms with E-state index in [0.717, 1.165) is 50.5 Å². The van der Waals surface area contributed by atoms with Crippen molar-refractivity contribution in [2.75, 3.05) is 0 Å². The summed E-state index contributed by atoms with van der Waals surface area (Å²) < 4.78 is 5.61. The number of allylic oxidation sites excluding steroid dienone is 1. The van der Waals surface area contributed by atoms with Crippen LogP contribution < -0.4 is 0 Å². The molecule has 0 unspecified atom stereocenters. The molecule has 0 aliphatic carbocycles. The van der Waals surface area contributed by atoms with Crippen LogP contribution in [0.5, 0.6) is 0 Å². The lowest BCUT2D eigenvalue weighted by Gasteiger charge is -2.40. The molecule has 148 valence electrons. The predicted octanol–water partition coefficient (Wildman–Crippen LogP) is 5.66. The molecule has 0 saturated carbocycles. The number of benzene rings is 1. The van der Waals surface area contributed by atoms with Gasteiger partial charge in [-0.05, 0) is 43.7 Å². The molecule has 0 N–H and O–H groups in total. The van der Waals surface area contributed by atoms with Crippen molar-refractivity contribution in [1.29, 1.82) is 0 Å². The maximum atomic E-state index is 12.9. The van der Waals surface area contributed by atoms with Gasteiger partial charge in [0.1, 0.15) is 6.61 Å². The number of ether oxygens (including phenoxy) is 1. The summed E-state index contributed by atoms with van der Waals surface area (Å²) in [4.78, 5) is 26.8. The van der Waals surface area contributed by atoms with Gasteiger partial charge in [-0.15, -0.1) is 0 Å². The molecule has 1 amide bonds. The minimum Gasteiger partial charge on any atom is -0.445 e. The number of unbranched alkanes of at least 4 members (excludes halogenated alkanes) is 1. The Bertz CT molecular complexity index is 609. The molecule has 4 nitrogen and oxygen atoms in total. The second-order valence-corrected chi connectivity index (χ2v) is 7.32. The molecule has 0 bridgehead atoms. The van der Waals surface area contributed by atoms with E-state index in [2.05, 4.69) is 13.8 Å². The molecule has 0 aromatic heterocycles. The number of hydrogen-bond donors (Lipinski definition) is 0. The van der Waals surface area contributed by atoms with Crippen LogP contribution in [0.15, 0.2) is 42.5 Å². The Hall–Kier alpha value is -2.10. The van der Waals surface area contributed by atoms with E-state index in [4.69, 9.17) is 4.74 Å². The SMILES string of the molecule is CCCCC(=O)/C=C/[C@H]1CCC[C@@H](CCC)N1C(=O)OCc1ccccc1. The monoisotopic (exact) mass is 371 g/mol. The van der Waals surface area contributed by atoms with Gasteiger partial charge in [0.25, 0.3) is 0 Å². The molecule has 1 aliphatic heterocycles. The molecule has 0 spiro atoms. The zero-order chi connectivity index (χ0) is 19.5. The van der Waals surface area contributed by atoms with Crippen molar-refractivity contribution in [3.8, 4) is 0 Å². The third-order valence-electron chi connectivity index (χ3n) is 5.11. The molecule has 1 aromatic carbocycles. The predicted molar refractivity (Wildman–Crippen MR) is 108 cm³/mol. The molecule has 1 aliphatic rings. The Balaban J connectivity index is 2.04. The van der Waals surface area contributed by atoms with E-state index < -0.39 is 0 Å². The van der Waals surface area contributed by atoms with Gasteiger partial charge in [-0.25, -0.2) is 4.79 Å². The minimum absolute atomic E-state index is 0.0517. The van der Waals surface area contributed by atoms with Crippen molar-refractivity contribution in [3.63, 3.8) is 0 Å². The van der Waals surface area contributed by atoms with Gasteiger partial charge in [-0.1, -0.05) is 63.1 Å². The highest BCUT2D eigenvalue weighted by Gasteiger charge is 2.33. The van der Waals surface area contributed by atoms with Crippen LogP contribution in [-0.2, 0) is 16.1 Å². The van der Waals surface area contributed by atoms with E-state index in [9.17, 15) is 9.59 Å². The van der Waals surface area contributed by atoms with Gasteiger partial charge in [-0.2, -0.15) is 0 Å². The van der Waals surface area contributed by atoms with Crippen LogP contribution in [0.1, 0.15) is 70.8 Å². The fourth-order valence-electron chi connectivity index (χ4n) is 3.65. The summed E-state index contributed by atoms with van der Waals surface area (Å²) in [6.45, 7) is 4.50. The van der Waals surface area contributed by atoms with Crippen LogP contribution >= 0.6 is 0 Å². The number of carbonyl (C=O) groups excluding carboxylic acids is 2. The van der Waals surface area contributed by atoms with Gasteiger partial charge >= 0.3 is 6.09 Å². The number of likely N-dealkylation sites (tertiary alicyclic amines) is 1. The summed E-state index contributed by atoms with van der Waals surface area (Å²) in [7, 11) is 0. The normalized spacial score (nSPS) is 20.0. The van der Waals surface area contributed by atoms with Crippen molar-refractivity contribution >= 4 is 11.9 Å². The van der Waals surface area contributed by atoms with Gasteiger partial charge in [0, 0.05) is 12.5 Å². The van der Waals surface area contributed by atoms with Crippen LogP contribution in [0.3, 0.4) is 0 Å². The first-order valence-corrected chi connectivity index (χ1v) is 10.4. The smallest absolute Gasteiger partial charge is 0.410 e. The van der Waals surface area contributed by atoms with E-state index in [1.165, 1.54) is 0 Å². The van der Waals surface area contributed by atoms with E-state index >= 15 is 0 Å². The summed E-state index contributed by atoms with van der Waals surface area (Å²) in [5.74, 6) is 0.145. The standard InChI is InChI=1S/C23H33NO3/c1-3-5-15-22(25)17-16-21-14-9-13-20(10-4-2)24(21)23(26)27-18-19-11-7-6-8-12-19/h6-8,11-12,16-17,20-21H,3-5,9-10,13-15,18H2,1-2H3/b17-16+/t20-,21-/m1/s1. The molecule has 2 rings (SSSR count). The lowest BCUT2D eigenvalue weighted by atomic mass is 9.92. The quantitative estimate of drug-likeness (QED) is 0.526. The lowest BCUT2D eigenvalue weighted by Crippen LogP contribution is -2.49. The van der Waals surface area contributed by atoms with Crippen molar-refractivity contribution in [2.24, 2.45) is 0 Å². The van der Waals surface area contributed by atoms with Crippen molar-refractivity contribution in [2.45, 2.75) is 83.9 Å². The zero-order valence-electron chi connectivity index (χ0n) is 16.7. The van der Waals surface area contributed by atoms with Crippen LogP contribution in [0.2, 0.25) is 0 Å². The third kappa shape index (κ3) is 6.85. The van der Waals surface area contributed by atoms with E-state index in [-0.39, 0.29) is 30.6 Å². The summed E-state index contributed by atoms with van der Waals surface area (Å²) in [6.07, 6.45) is 10.8. The molecule has 1 aromatic rings. The number of ketones is 1. The van der Waals surface area contributed by atoms with Crippen LogP contribution in [0.4, 0.5) is 4.79 Å². The zero-order valence-corrected chi connectivity index (χ0v) is 16.7. The summed E-state index contributed by atoms with van der Waals surface area (Å²) in [5, 5.41) is 0. The second-order valence-electron chi connectivity index (χ2n) is 7.32. The first kappa shape index (κ1) is 21.2. The number of hydrogen-bond acceptors (Lipinski definition) is 3. The van der Waals surface area contributed by atoms with Gasteiger partial charge in [-0.3, -0.25) is 9.69 Å². The largest absolute Gasteiger partial charge is 0.445 e. The maximum Gasteiger partial charge on any atom is 0.410 e. The summed E-state index contributed by atoms with van der Waals surface area (Å²) in [5.41, 5.74) is 0.983. The first-order valence-electron chi connectivity index (χ1n) is 10.4. The highest BCUT2D eigenvalue weighted by Crippen LogP contribution is 2.28. The Labute approximate surface area is 163 Å². The highest BCUT2D eigenvalue weighted by molar-refractivity contribution is 5.89.